The molecule has 6 heteroatoms. The molecule has 0 amide bonds. The number of hydrogen-bond acceptors (Lipinski definition) is 5. The maximum atomic E-state index is 10.7. The van der Waals surface area contributed by atoms with E-state index in [1.807, 2.05) is 27.7 Å². The van der Waals surface area contributed by atoms with Gasteiger partial charge < -0.3 is 19.3 Å². The van der Waals surface area contributed by atoms with Crippen LogP contribution in [-0.4, -0.2) is 54.6 Å². The van der Waals surface area contributed by atoms with Gasteiger partial charge >= 0.3 is 0 Å². The van der Waals surface area contributed by atoms with Crippen molar-refractivity contribution in [1.82, 2.24) is 4.90 Å². The Kier molecular flexibility index (Phi) is 5.87. The van der Waals surface area contributed by atoms with E-state index < -0.39 is 6.10 Å². The minimum Gasteiger partial charge on any atom is -0.493 e. The number of hydrogen-bond donors (Lipinski definition) is 1. The molecule has 3 rings (SSSR count). The van der Waals surface area contributed by atoms with Crippen molar-refractivity contribution < 1.29 is 19.3 Å². The number of ether oxygens (including phenoxy) is 3. The monoisotopic (exact) mass is 427 g/mol. The van der Waals surface area contributed by atoms with E-state index >= 15 is 0 Å². The van der Waals surface area contributed by atoms with Gasteiger partial charge in [0, 0.05) is 19.1 Å². The van der Waals surface area contributed by atoms with Crippen LogP contribution in [0.2, 0.25) is 0 Å². The summed E-state index contributed by atoms with van der Waals surface area (Å²) in [6.45, 7) is 10.4. The summed E-state index contributed by atoms with van der Waals surface area (Å²) in [6, 6.07) is 2.26. The molecule has 3 atom stereocenters. The van der Waals surface area contributed by atoms with Gasteiger partial charge in [0.15, 0.2) is 11.5 Å². The summed E-state index contributed by atoms with van der Waals surface area (Å²) in [5.74, 6) is 1.51. The largest absolute Gasteiger partial charge is 0.493 e. The normalized spacial score (nSPS) is 26.2. The molecular weight excluding hydrogens is 398 g/mol. The fourth-order valence-electron chi connectivity index (χ4n) is 4.05. The van der Waals surface area contributed by atoms with Crippen molar-refractivity contribution in [1.29, 1.82) is 0 Å². The lowest BCUT2D eigenvalue weighted by Gasteiger charge is -2.47. The maximum absolute atomic E-state index is 10.7. The van der Waals surface area contributed by atoms with Crippen LogP contribution < -0.4 is 9.47 Å². The SMILES string of the molecule is CCOc1c(OC)cc2c(c1Br)CCN1C[C@@H](OC(C)(C)C)[C@H](O)C[C@H]21. The summed E-state index contributed by atoms with van der Waals surface area (Å²) in [4.78, 5) is 2.43. The molecule has 146 valence electrons. The van der Waals surface area contributed by atoms with Crippen LogP contribution in [0.1, 0.15) is 51.3 Å². The number of aliphatic hydroxyl groups excluding tert-OH is 1. The fraction of sp³-hybridized carbons (Fsp3) is 0.700. The van der Waals surface area contributed by atoms with E-state index in [9.17, 15) is 5.11 Å². The van der Waals surface area contributed by atoms with Gasteiger partial charge in [-0.2, -0.15) is 0 Å². The summed E-state index contributed by atoms with van der Waals surface area (Å²) in [7, 11) is 1.67. The van der Waals surface area contributed by atoms with Gasteiger partial charge in [-0.3, -0.25) is 4.90 Å². The lowest BCUT2D eigenvalue weighted by molar-refractivity contribution is -0.149. The Morgan fingerprint density at radius 3 is 2.69 bits per heavy atom. The van der Waals surface area contributed by atoms with Gasteiger partial charge in [-0.25, -0.2) is 0 Å². The van der Waals surface area contributed by atoms with E-state index in [2.05, 4.69) is 26.9 Å². The van der Waals surface area contributed by atoms with Gasteiger partial charge in [-0.1, -0.05) is 0 Å². The van der Waals surface area contributed by atoms with Crippen LogP contribution in [-0.2, 0) is 11.2 Å². The zero-order valence-electron chi connectivity index (χ0n) is 16.3. The highest BCUT2D eigenvalue weighted by Gasteiger charge is 2.41. The Morgan fingerprint density at radius 1 is 1.35 bits per heavy atom. The second-order valence-electron chi connectivity index (χ2n) is 8.06. The molecule has 1 fully saturated rings. The first kappa shape index (κ1) is 19.9. The van der Waals surface area contributed by atoms with Crippen LogP contribution in [0.3, 0.4) is 0 Å². The molecule has 0 aliphatic carbocycles. The molecule has 2 aliphatic heterocycles. The summed E-state index contributed by atoms with van der Waals surface area (Å²) >= 11 is 3.73. The van der Waals surface area contributed by atoms with Crippen LogP contribution in [0.4, 0.5) is 0 Å². The van der Waals surface area contributed by atoms with E-state index in [0.29, 0.717) is 13.0 Å². The quantitative estimate of drug-likeness (QED) is 0.793. The second-order valence-corrected chi connectivity index (χ2v) is 8.85. The Balaban J connectivity index is 1.91. The van der Waals surface area contributed by atoms with Gasteiger partial charge in [-0.05, 0) is 73.7 Å². The highest BCUT2D eigenvalue weighted by atomic mass is 79.9. The van der Waals surface area contributed by atoms with Gasteiger partial charge in [-0.15, -0.1) is 0 Å². The van der Waals surface area contributed by atoms with E-state index in [1.165, 1.54) is 11.1 Å². The van der Waals surface area contributed by atoms with Gasteiger partial charge in [0.25, 0.3) is 0 Å². The molecule has 5 nitrogen and oxygen atoms in total. The number of aliphatic hydroxyl groups is 1. The Labute approximate surface area is 164 Å². The van der Waals surface area contributed by atoms with Crippen molar-refractivity contribution in [3.63, 3.8) is 0 Å². The molecule has 0 saturated carbocycles. The second kappa shape index (κ2) is 7.66. The highest BCUT2D eigenvalue weighted by Crippen LogP contribution is 2.47. The van der Waals surface area contributed by atoms with E-state index in [-0.39, 0.29) is 17.7 Å². The summed E-state index contributed by atoms with van der Waals surface area (Å²) in [6.07, 6.45) is 0.977. The van der Waals surface area contributed by atoms with E-state index in [0.717, 1.165) is 35.5 Å². The number of halogens is 1. The molecule has 26 heavy (non-hydrogen) atoms. The molecule has 2 aliphatic rings. The van der Waals surface area contributed by atoms with Crippen molar-refractivity contribution in [2.24, 2.45) is 0 Å². The smallest absolute Gasteiger partial charge is 0.175 e. The molecule has 0 bridgehead atoms. The molecule has 2 heterocycles. The Morgan fingerprint density at radius 2 is 2.08 bits per heavy atom. The summed E-state index contributed by atoms with van der Waals surface area (Å²) in [5.41, 5.74) is 2.22. The topological polar surface area (TPSA) is 51.2 Å². The van der Waals surface area contributed by atoms with Crippen LogP contribution in [0.15, 0.2) is 10.5 Å². The molecule has 1 aromatic carbocycles. The third-order valence-corrected chi connectivity index (χ3v) is 5.93. The number of fused-ring (bicyclic) bond motifs is 3. The number of nitrogens with zero attached hydrogens (tertiary/aromatic N) is 1. The zero-order chi connectivity index (χ0) is 19.1. The fourth-order valence-corrected chi connectivity index (χ4v) is 4.79. The van der Waals surface area contributed by atoms with Crippen molar-refractivity contribution in [3.8, 4) is 11.5 Å². The maximum Gasteiger partial charge on any atom is 0.175 e. The molecular formula is C20H30BrNO4. The lowest BCUT2D eigenvalue weighted by atomic mass is 9.84. The van der Waals surface area contributed by atoms with Crippen LogP contribution in [0.5, 0.6) is 11.5 Å². The van der Waals surface area contributed by atoms with Gasteiger partial charge in [0.05, 0.1) is 36.0 Å². The van der Waals surface area contributed by atoms with E-state index in [4.69, 9.17) is 14.2 Å². The Hall–Kier alpha value is -0.820. The van der Waals surface area contributed by atoms with Crippen molar-refractivity contribution in [3.05, 3.63) is 21.7 Å². The first-order valence-corrected chi connectivity index (χ1v) is 10.2. The molecule has 0 aromatic heterocycles. The average Bonchev–Trinajstić information content (AvgIpc) is 2.56. The first-order valence-electron chi connectivity index (χ1n) is 9.37. The average molecular weight is 428 g/mol. The van der Waals surface area contributed by atoms with E-state index in [1.54, 1.807) is 7.11 Å². The third kappa shape index (κ3) is 3.88. The standard InChI is InChI=1S/C20H30BrNO4/c1-6-25-19-16(24-5)9-13-12(18(19)21)7-8-22-11-17(26-20(2,3)4)15(23)10-14(13)22/h9,14-15,17,23H,6-8,10-11H2,1-5H3/t14-,15-,17-/m1/s1. The van der Waals surface area contributed by atoms with Crippen LogP contribution >= 0.6 is 15.9 Å². The predicted molar refractivity (Wildman–Crippen MR) is 105 cm³/mol. The molecule has 1 saturated heterocycles. The van der Waals surface area contributed by atoms with Gasteiger partial charge in [0.1, 0.15) is 0 Å². The number of benzene rings is 1. The third-order valence-electron chi connectivity index (χ3n) is 5.09. The minimum atomic E-state index is -0.474. The van der Waals surface area contributed by atoms with Crippen LogP contribution in [0, 0.1) is 0 Å². The van der Waals surface area contributed by atoms with Gasteiger partial charge in [0.2, 0.25) is 0 Å². The Bertz CT molecular complexity index is 658. The zero-order valence-corrected chi connectivity index (χ0v) is 17.9. The molecule has 1 aromatic rings. The minimum absolute atomic E-state index is 0.152. The highest BCUT2D eigenvalue weighted by molar-refractivity contribution is 9.10. The van der Waals surface area contributed by atoms with Crippen molar-refractivity contribution in [2.45, 2.75) is 64.4 Å². The van der Waals surface area contributed by atoms with Crippen LogP contribution in [0.25, 0.3) is 0 Å². The predicted octanol–water partition coefficient (Wildman–Crippen LogP) is 3.70. The van der Waals surface area contributed by atoms with Crippen molar-refractivity contribution >= 4 is 15.9 Å². The molecule has 1 N–H and O–H groups in total. The van der Waals surface area contributed by atoms with Crippen molar-refractivity contribution in [2.75, 3.05) is 26.8 Å². The number of rotatable bonds is 4. The molecule has 0 radical (unpaired) electrons. The number of piperidine rings is 1. The molecule has 0 unspecified atom stereocenters. The summed E-state index contributed by atoms with van der Waals surface area (Å²) in [5, 5.41) is 10.7. The summed E-state index contributed by atoms with van der Waals surface area (Å²) < 4.78 is 18.5. The first-order chi connectivity index (χ1) is 12.2. The number of methoxy groups -OCH3 is 1. The molecule has 0 spiro atoms. The lowest BCUT2D eigenvalue weighted by Crippen LogP contribution is -2.53.